The molecule has 1 heterocycles. The molecule has 0 aromatic rings. The Morgan fingerprint density at radius 3 is 2.00 bits per heavy atom. The van der Waals surface area contributed by atoms with Gasteiger partial charge in [0, 0.05) is 25.2 Å². The van der Waals surface area contributed by atoms with Crippen molar-refractivity contribution >= 4 is 6.09 Å². The van der Waals surface area contributed by atoms with E-state index in [2.05, 4.69) is 0 Å². The Balaban J connectivity index is 2.49. The summed E-state index contributed by atoms with van der Waals surface area (Å²) >= 11 is 0. The molecule has 0 saturated carbocycles. The third-order valence-electron chi connectivity index (χ3n) is 1.68. The number of hydrogen-bond acceptors (Lipinski definition) is 3. The van der Waals surface area contributed by atoms with Crippen molar-refractivity contribution in [2.24, 2.45) is 11.5 Å². The number of rotatable bonds is 0. The first kappa shape index (κ1) is 7.30. The Bertz CT molecular complexity index is 140. The van der Waals surface area contributed by atoms with E-state index in [0.29, 0.717) is 13.1 Å². The smallest absolute Gasteiger partial charge is 0.407 e. The summed E-state index contributed by atoms with van der Waals surface area (Å²) < 4.78 is 0. The molecular weight excluding hydrogens is 134 g/mol. The quantitative estimate of drug-likeness (QED) is 0.392. The number of nitrogens with zero attached hydrogens (tertiary/aromatic N) is 1. The van der Waals surface area contributed by atoms with Crippen molar-refractivity contribution in [3.8, 4) is 0 Å². The molecule has 5 heteroatoms. The summed E-state index contributed by atoms with van der Waals surface area (Å²) in [5, 5.41) is 8.46. The molecule has 0 aliphatic carbocycles. The molecule has 5 N–H and O–H groups in total. The zero-order valence-electron chi connectivity index (χ0n) is 5.53. The summed E-state index contributed by atoms with van der Waals surface area (Å²) in [6.45, 7) is 0.715. The van der Waals surface area contributed by atoms with E-state index in [4.69, 9.17) is 16.6 Å². The average Bonchev–Trinajstić information content (AvgIpc) is 2.13. The van der Waals surface area contributed by atoms with E-state index < -0.39 is 6.09 Å². The summed E-state index contributed by atoms with van der Waals surface area (Å²) in [5.74, 6) is 0. The zero-order valence-corrected chi connectivity index (χ0v) is 5.53. The molecule has 1 saturated heterocycles. The zero-order chi connectivity index (χ0) is 7.72. The van der Waals surface area contributed by atoms with Gasteiger partial charge in [-0.05, 0) is 0 Å². The highest BCUT2D eigenvalue weighted by atomic mass is 16.4. The Labute approximate surface area is 58.6 Å². The monoisotopic (exact) mass is 145 g/mol. The van der Waals surface area contributed by atoms with E-state index >= 15 is 0 Å². The van der Waals surface area contributed by atoms with E-state index in [9.17, 15) is 4.79 Å². The Hall–Kier alpha value is -0.810. The number of hydrogen-bond donors (Lipinski definition) is 3. The first-order chi connectivity index (χ1) is 4.61. The van der Waals surface area contributed by atoms with Crippen LogP contribution in [0.15, 0.2) is 0 Å². The second-order valence-corrected chi connectivity index (χ2v) is 2.52. The molecule has 5 nitrogen and oxygen atoms in total. The van der Waals surface area contributed by atoms with Crippen LogP contribution < -0.4 is 11.5 Å². The Morgan fingerprint density at radius 2 is 1.80 bits per heavy atom. The summed E-state index contributed by atoms with van der Waals surface area (Å²) in [4.78, 5) is 11.5. The van der Waals surface area contributed by atoms with Gasteiger partial charge in [0.15, 0.2) is 0 Å². The van der Waals surface area contributed by atoms with Gasteiger partial charge in [0.05, 0.1) is 0 Å². The van der Waals surface area contributed by atoms with E-state index in [1.165, 1.54) is 4.90 Å². The van der Waals surface area contributed by atoms with Crippen LogP contribution in [0.5, 0.6) is 0 Å². The van der Waals surface area contributed by atoms with Crippen molar-refractivity contribution in [2.45, 2.75) is 12.1 Å². The minimum absolute atomic E-state index is 0.198. The van der Waals surface area contributed by atoms with Crippen molar-refractivity contribution < 1.29 is 9.90 Å². The van der Waals surface area contributed by atoms with Crippen LogP contribution in [0.25, 0.3) is 0 Å². The number of likely N-dealkylation sites (tertiary alicyclic amines) is 1. The van der Waals surface area contributed by atoms with Crippen LogP contribution in [0, 0.1) is 0 Å². The lowest BCUT2D eigenvalue weighted by Gasteiger charge is -2.08. The van der Waals surface area contributed by atoms with Gasteiger partial charge in [-0.2, -0.15) is 0 Å². The van der Waals surface area contributed by atoms with Gasteiger partial charge in [0.2, 0.25) is 0 Å². The molecular formula is C5H11N3O2. The number of carbonyl (C=O) groups is 1. The molecule has 0 unspecified atom stereocenters. The first-order valence-electron chi connectivity index (χ1n) is 3.10. The maximum absolute atomic E-state index is 10.3. The van der Waals surface area contributed by atoms with Gasteiger partial charge in [0.25, 0.3) is 0 Å². The predicted octanol–water partition coefficient (Wildman–Crippen LogP) is -1.37. The van der Waals surface area contributed by atoms with E-state index in [1.807, 2.05) is 0 Å². The molecule has 0 bridgehead atoms. The van der Waals surface area contributed by atoms with Crippen LogP contribution in [0.1, 0.15) is 0 Å². The standard InChI is InChI=1S/C5H11N3O2/c6-3-1-8(5(9)10)2-4(3)7/h3-4H,1-2,6-7H2,(H,9,10)/t3-,4-/m1/s1. The summed E-state index contributed by atoms with van der Waals surface area (Å²) in [6.07, 6.45) is -0.941. The fourth-order valence-corrected chi connectivity index (χ4v) is 1.01. The normalized spacial score (nSPS) is 32.8. The molecule has 2 atom stereocenters. The van der Waals surface area contributed by atoms with Crippen LogP contribution in [-0.2, 0) is 0 Å². The maximum Gasteiger partial charge on any atom is 0.407 e. The minimum atomic E-state index is -0.941. The lowest BCUT2D eigenvalue weighted by atomic mass is 10.2. The van der Waals surface area contributed by atoms with Crippen LogP contribution >= 0.6 is 0 Å². The van der Waals surface area contributed by atoms with Gasteiger partial charge >= 0.3 is 6.09 Å². The number of carboxylic acid groups (broad SMARTS) is 1. The highest BCUT2D eigenvalue weighted by molar-refractivity contribution is 5.65. The van der Waals surface area contributed by atoms with Crippen molar-refractivity contribution in [1.82, 2.24) is 4.90 Å². The molecule has 1 aliphatic rings. The fourth-order valence-electron chi connectivity index (χ4n) is 1.01. The SMILES string of the molecule is N[C@@H]1CN(C(=O)O)C[C@H]1N. The molecule has 0 aromatic heterocycles. The van der Waals surface area contributed by atoms with Crippen molar-refractivity contribution in [3.63, 3.8) is 0 Å². The highest BCUT2D eigenvalue weighted by Crippen LogP contribution is 2.05. The highest BCUT2D eigenvalue weighted by Gasteiger charge is 2.29. The molecule has 0 aromatic carbocycles. The third-order valence-corrected chi connectivity index (χ3v) is 1.68. The van der Waals surface area contributed by atoms with Gasteiger partial charge in [-0.15, -0.1) is 0 Å². The maximum atomic E-state index is 10.3. The summed E-state index contributed by atoms with van der Waals surface area (Å²) in [5.41, 5.74) is 11.0. The lowest BCUT2D eigenvalue weighted by Crippen LogP contribution is -2.39. The molecule has 1 rings (SSSR count). The van der Waals surface area contributed by atoms with Gasteiger partial charge < -0.3 is 21.5 Å². The van der Waals surface area contributed by atoms with Crippen molar-refractivity contribution in [3.05, 3.63) is 0 Å². The summed E-state index contributed by atoms with van der Waals surface area (Å²) in [7, 11) is 0. The second-order valence-electron chi connectivity index (χ2n) is 2.52. The van der Waals surface area contributed by atoms with Crippen LogP contribution in [0.2, 0.25) is 0 Å². The van der Waals surface area contributed by atoms with Gasteiger partial charge in [0.1, 0.15) is 0 Å². The van der Waals surface area contributed by atoms with Gasteiger partial charge in [-0.25, -0.2) is 4.79 Å². The van der Waals surface area contributed by atoms with Gasteiger partial charge in [-0.1, -0.05) is 0 Å². The molecule has 1 amide bonds. The van der Waals surface area contributed by atoms with Crippen molar-refractivity contribution in [2.75, 3.05) is 13.1 Å². The Morgan fingerprint density at radius 1 is 1.40 bits per heavy atom. The van der Waals surface area contributed by atoms with Crippen LogP contribution in [0.3, 0.4) is 0 Å². The van der Waals surface area contributed by atoms with E-state index in [-0.39, 0.29) is 12.1 Å². The molecule has 0 radical (unpaired) electrons. The van der Waals surface area contributed by atoms with Crippen LogP contribution in [-0.4, -0.2) is 41.3 Å². The molecule has 0 spiro atoms. The third kappa shape index (κ3) is 1.19. The van der Waals surface area contributed by atoms with E-state index in [1.54, 1.807) is 0 Å². The number of nitrogens with two attached hydrogens (primary N) is 2. The number of amides is 1. The van der Waals surface area contributed by atoms with Crippen molar-refractivity contribution in [1.29, 1.82) is 0 Å². The van der Waals surface area contributed by atoms with Crippen LogP contribution in [0.4, 0.5) is 4.79 Å². The molecule has 58 valence electrons. The minimum Gasteiger partial charge on any atom is -0.465 e. The van der Waals surface area contributed by atoms with E-state index in [0.717, 1.165) is 0 Å². The lowest BCUT2D eigenvalue weighted by molar-refractivity contribution is 0.154. The largest absolute Gasteiger partial charge is 0.465 e. The Kier molecular flexibility index (Phi) is 1.78. The molecule has 1 aliphatic heterocycles. The first-order valence-corrected chi connectivity index (χ1v) is 3.10. The molecule has 1 fully saturated rings. The molecule has 10 heavy (non-hydrogen) atoms. The average molecular weight is 145 g/mol. The fraction of sp³-hybridized carbons (Fsp3) is 0.800. The van der Waals surface area contributed by atoms with Gasteiger partial charge in [-0.3, -0.25) is 0 Å². The topological polar surface area (TPSA) is 92.6 Å². The summed E-state index contributed by atoms with van der Waals surface area (Å²) in [6, 6.07) is -0.396. The second kappa shape index (κ2) is 2.43. The predicted molar refractivity (Wildman–Crippen MR) is 35.5 cm³/mol.